The molecule has 1 fully saturated rings. The number of hydrogen-bond acceptors (Lipinski definition) is 4. The zero-order valence-corrected chi connectivity index (χ0v) is 23.1. The molecular formula is C31H33NO4Si. The lowest BCUT2D eigenvalue weighted by Gasteiger charge is -2.38. The topological polar surface area (TPSA) is 51.3 Å². The third-order valence-electron chi connectivity index (χ3n) is 7.91. The molecule has 0 N–H and O–H groups in total. The van der Waals surface area contributed by atoms with Crippen LogP contribution in [-0.2, 0) is 14.8 Å². The highest BCUT2D eigenvalue weighted by Gasteiger charge is 2.70. The van der Waals surface area contributed by atoms with E-state index in [1.54, 1.807) is 29.2 Å². The smallest absolute Gasteiger partial charge is 0.417 e. The van der Waals surface area contributed by atoms with Gasteiger partial charge in [-0.15, -0.1) is 0 Å². The molecule has 2 heterocycles. The van der Waals surface area contributed by atoms with Crippen molar-refractivity contribution in [3.05, 3.63) is 72.3 Å². The first-order valence-electron chi connectivity index (χ1n) is 12.8. The van der Waals surface area contributed by atoms with Crippen LogP contribution >= 0.6 is 0 Å². The van der Waals surface area contributed by atoms with Crippen molar-refractivity contribution >= 4 is 20.1 Å². The lowest BCUT2D eigenvalue weighted by molar-refractivity contribution is 0.204. The largest absolute Gasteiger partial charge is 0.420 e. The molecule has 2 aromatic carbocycles. The van der Waals surface area contributed by atoms with Gasteiger partial charge in [0.1, 0.15) is 23.5 Å². The minimum Gasteiger partial charge on any atom is -0.417 e. The van der Waals surface area contributed by atoms with Crippen LogP contribution in [0.3, 0.4) is 0 Å². The number of para-hydroxylation sites is 2. The second-order valence-electron chi connectivity index (χ2n) is 11.2. The molecule has 0 radical (unpaired) electrons. The highest BCUT2D eigenvalue weighted by atomic mass is 28.4. The van der Waals surface area contributed by atoms with E-state index in [0.717, 1.165) is 17.7 Å². The standard InChI is InChI=1S/C31H33NO4Si/c1-30(2,3)37(4,5)34-22-21-23-15-9-6-7-12-20-27-28-31(23,36-28)25-18-13-14-19-26(25)32(27)29(33)35-24-16-10-8-11-17-24/h6-8,10-11,13-14,16-19,23,27-28H,21-22H2,1-5H3/b7-6-/t23-,27-,28-,31+/m0/s1. The monoisotopic (exact) mass is 511 g/mol. The summed E-state index contributed by atoms with van der Waals surface area (Å²) in [5.74, 6) is 13.3. The molecule has 5 rings (SSSR count). The molecule has 0 unspecified atom stereocenters. The second-order valence-corrected chi connectivity index (χ2v) is 16.0. The highest BCUT2D eigenvalue weighted by molar-refractivity contribution is 6.74. The summed E-state index contributed by atoms with van der Waals surface area (Å²) in [6.45, 7) is 11.9. The van der Waals surface area contributed by atoms with E-state index >= 15 is 0 Å². The molecule has 190 valence electrons. The van der Waals surface area contributed by atoms with Gasteiger partial charge in [-0.2, -0.15) is 0 Å². The number of fused-ring (bicyclic) bond motifs is 1. The minimum atomic E-state index is -1.90. The maximum absolute atomic E-state index is 13.5. The molecule has 37 heavy (non-hydrogen) atoms. The van der Waals surface area contributed by atoms with Crippen molar-refractivity contribution in [2.45, 2.75) is 63.1 Å². The number of carbonyl (C=O) groups is 1. The fraction of sp³-hybridized carbons (Fsp3) is 0.387. The molecule has 2 aromatic rings. The molecular weight excluding hydrogens is 478 g/mol. The Balaban J connectivity index is 1.50. The van der Waals surface area contributed by atoms with Gasteiger partial charge in [0, 0.05) is 12.2 Å². The molecule has 0 aromatic heterocycles. The summed E-state index contributed by atoms with van der Waals surface area (Å²) in [5.41, 5.74) is 1.05. The van der Waals surface area contributed by atoms with Crippen LogP contribution in [0, 0.1) is 29.6 Å². The first-order valence-corrected chi connectivity index (χ1v) is 15.7. The molecule has 6 heteroatoms. The summed E-state index contributed by atoms with van der Waals surface area (Å²) < 4.78 is 18.8. The van der Waals surface area contributed by atoms with Gasteiger partial charge in [-0.05, 0) is 54.9 Å². The maximum atomic E-state index is 13.5. The predicted molar refractivity (Wildman–Crippen MR) is 148 cm³/mol. The van der Waals surface area contributed by atoms with Crippen LogP contribution in [-0.4, -0.2) is 33.2 Å². The van der Waals surface area contributed by atoms with Crippen LogP contribution < -0.4 is 9.64 Å². The normalized spacial score (nSPS) is 26.3. The van der Waals surface area contributed by atoms with Gasteiger partial charge in [-0.25, -0.2) is 4.79 Å². The van der Waals surface area contributed by atoms with Gasteiger partial charge < -0.3 is 13.9 Å². The van der Waals surface area contributed by atoms with Crippen LogP contribution in [0.2, 0.25) is 18.1 Å². The number of benzene rings is 2. The van der Waals surface area contributed by atoms with Gasteiger partial charge >= 0.3 is 6.09 Å². The molecule has 0 spiro atoms. The Morgan fingerprint density at radius 3 is 2.43 bits per heavy atom. The van der Waals surface area contributed by atoms with Gasteiger partial charge in [0.05, 0.1) is 11.6 Å². The molecule has 1 amide bonds. The Labute approximate surface area is 220 Å². The Morgan fingerprint density at radius 2 is 1.70 bits per heavy atom. The SMILES string of the molecule is CC(C)(C)[Si](C)(C)OCC[C@@H]1C#C/C=C\C#C[C@H]2[C@@H]3O[C@@]13c1ccccc1N2C(=O)Oc1ccccc1. The molecule has 4 atom stereocenters. The average molecular weight is 512 g/mol. The quantitative estimate of drug-likeness (QED) is 0.270. The highest BCUT2D eigenvalue weighted by Crippen LogP contribution is 2.61. The van der Waals surface area contributed by atoms with Crippen LogP contribution in [0.1, 0.15) is 32.8 Å². The van der Waals surface area contributed by atoms with Crippen molar-refractivity contribution in [2.75, 3.05) is 11.5 Å². The number of ether oxygens (including phenoxy) is 2. The molecule has 1 aliphatic carbocycles. The molecule has 1 saturated heterocycles. The average Bonchev–Trinajstić information content (AvgIpc) is 3.61. The summed E-state index contributed by atoms with van der Waals surface area (Å²) in [6.07, 6.45) is 3.44. The van der Waals surface area contributed by atoms with Crippen molar-refractivity contribution in [1.82, 2.24) is 0 Å². The van der Waals surface area contributed by atoms with Gasteiger partial charge in [0.25, 0.3) is 0 Å². The number of nitrogens with zero attached hydrogens (tertiary/aromatic N) is 1. The van der Waals surface area contributed by atoms with E-state index in [1.165, 1.54) is 0 Å². The summed E-state index contributed by atoms with van der Waals surface area (Å²) in [5, 5.41) is 0.131. The second kappa shape index (κ2) is 9.54. The van der Waals surface area contributed by atoms with Crippen molar-refractivity contribution in [1.29, 1.82) is 0 Å². The molecule has 0 saturated carbocycles. The van der Waals surface area contributed by atoms with E-state index in [1.807, 2.05) is 42.5 Å². The Kier molecular flexibility index (Phi) is 6.54. The van der Waals surface area contributed by atoms with Crippen molar-refractivity contribution in [2.24, 2.45) is 5.92 Å². The van der Waals surface area contributed by atoms with Crippen molar-refractivity contribution < 1.29 is 18.7 Å². The number of epoxide rings is 1. The minimum absolute atomic E-state index is 0.109. The van der Waals surface area contributed by atoms with E-state index in [-0.39, 0.29) is 17.1 Å². The maximum Gasteiger partial charge on any atom is 0.420 e. The number of carbonyl (C=O) groups excluding carboxylic acids is 1. The summed E-state index contributed by atoms with van der Waals surface area (Å²) in [4.78, 5) is 15.2. The van der Waals surface area contributed by atoms with Gasteiger partial charge in [-0.3, -0.25) is 4.90 Å². The zero-order chi connectivity index (χ0) is 26.3. The molecule has 2 aliphatic heterocycles. The summed E-state index contributed by atoms with van der Waals surface area (Å²) in [7, 11) is -1.90. The Bertz CT molecular complexity index is 1340. The van der Waals surface area contributed by atoms with Gasteiger partial charge in [0.2, 0.25) is 0 Å². The van der Waals surface area contributed by atoms with Crippen LogP contribution in [0.5, 0.6) is 5.75 Å². The van der Waals surface area contributed by atoms with E-state index in [9.17, 15) is 4.79 Å². The van der Waals surface area contributed by atoms with E-state index in [0.29, 0.717) is 12.4 Å². The first-order chi connectivity index (χ1) is 17.6. The number of anilines is 1. The van der Waals surface area contributed by atoms with E-state index in [2.05, 4.69) is 57.5 Å². The number of amides is 1. The molecule has 5 nitrogen and oxygen atoms in total. The van der Waals surface area contributed by atoms with Crippen LogP contribution in [0.15, 0.2) is 66.7 Å². The van der Waals surface area contributed by atoms with Crippen molar-refractivity contribution in [3.8, 4) is 29.4 Å². The van der Waals surface area contributed by atoms with E-state index < -0.39 is 26.1 Å². The molecule has 3 aliphatic rings. The number of rotatable bonds is 5. The third kappa shape index (κ3) is 4.62. The van der Waals surface area contributed by atoms with E-state index in [4.69, 9.17) is 13.9 Å². The Hall–Kier alpha value is -3.29. The fourth-order valence-corrected chi connectivity index (χ4v) is 5.92. The van der Waals surface area contributed by atoms with Gasteiger partial charge in [-0.1, -0.05) is 80.9 Å². The lowest BCUT2D eigenvalue weighted by atomic mass is 9.76. The summed E-state index contributed by atoms with van der Waals surface area (Å²) >= 11 is 0. The first kappa shape index (κ1) is 25.4. The van der Waals surface area contributed by atoms with Crippen LogP contribution in [0.4, 0.5) is 10.5 Å². The Morgan fingerprint density at radius 1 is 1.03 bits per heavy atom. The number of allylic oxidation sites excluding steroid dienone is 2. The third-order valence-corrected chi connectivity index (χ3v) is 12.5. The summed E-state index contributed by atoms with van der Waals surface area (Å²) in [6, 6.07) is 16.5. The zero-order valence-electron chi connectivity index (χ0n) is 22.1. The number of hydrogen-bond donors (Lipinski definition) is 0. The molecule has 2 bridgehead atoms. The van der Waals surface area contributed by atoms with Crippen molar-refractivity contribution in [3.63, 3.8) is 0 Å². The van der Waals surface area contributed by atoms with Gasteiger partial charge in [0.15, 0.2) is 8.32 Å². The predicted octanol–water partition coefficient (Wildman–Crippen LogP) is 6.27. The fourth-order valence-electron chi connectivity index (χ4n) is 4.86. The van der Waals surface area contributed by atoms with Crippen LogP contribution in [0.25, 0.3) is 0 Å². The lowest BCUT2D eigenvalue weighted by Crippen LogP contribution is -2.51.